The van der Waals surface area contributed by atoms with Crippen molar-refractivity contribution >= 4 is 15.9 Å². The van der Waals surface area contributed by atoms with Crippen LogP contribution in [0.5, 0.6) is 5.88 Å². The molecule has 1 aliphatic heterocycles. The molecule has 1 aliphatic rings. The van der Waals surface area contributed by atoms with E-state index in [1.54, 1.807) is 12.1 Å². The predicted molar refractivity (Wildman–Crippen MR) is 47.2 cm³/mol. The molecular formula is C8H8BrNO2. The first-order chi connectivity index (χ1) is 7.70. The van der Waals surface area contributed by atoms with Crippen molar-refractivity contribution in [1.29, 1.82) is 0 Å². The number of hydrogen-bond donors (Lipinski definition) is 0. The summed E-state index contributed by atoms with van der Waals surface area (Å²) >= 11 is 3.12. The SMILES string of the molecule is [2H]C1([2H])OC([2H])([2H])C1([2H])Oc1ncccc1Br. The van der Waals surface area contributed by atoms with Gasteiger partial charge in [-0.05, 0) is 28.1 Å². The molecule has 0 radical (unpaired) electrons. The highest BCUT2D eigenvalue weighted by Crippen LogP contribution is 2.23. The van der Waals surface area contributed by atoms with E-state index < -0.39 is 19.2 Å². The van der Waals surface area contributed by atoms with E-state index in [4.69, 9.17) is 11.6 Å². The summed E-state index contributed by atoms with van der Waals surface area (Å²) in [7, 11) is 0. The molecule has 4 heteroatoms. The zero-order valence-corrected chi connectivity index (χ0v) is 7.46. The molecule has 0 aromatic carbocycles. The Balaban J connectivity index is 2.32. The van der Waals surface area contributed by atoms with Crippen LogP contribution in [0.25, 0.3) is 0 Å². The van der Waals surface area contributed by atoms with Gasteiger partial charge in [0.05, 0.1) is 24.4 Å². The van der Waals surface area contributed by atoms with Crippen molar-refractivity contribution in [3.63, 3.8) is 0 Å². The summed E-state index contributed by atoms with van der Waals surface area (Å²) in [5.41, 5.74) is 0. The molecule has 12 heavy (non-hydrogen) atoms. The standard InChI is InChI=1S/C8H8BrNO2/c9-7-2-1-3-10-8(7)12-6-4-11-5-6/h1-3,6H,4-5H2/i4D2,5D2,6D. The third-order valence-corrected chi connectivity index (χ3v) is 1.81. The quantitative estimate of drug-likeness (QED) is 0.780. The molecule has 2 rings (SSSR count). The first-order valence-electron chi connectivity index (χ1n) is 5.69. The van der Waals surface area contributed by atoms with E-state index >= 15 is 0 Å². The lowest BCUT2D eigenvalue weighted by molar-refractivity contribution is -0.0816. The third-order valence-electron chi connectivity index (χ3n) is 1.21. The lowest BCUT2D eigenvalue weighted by Crippen LogP contribution is -2.38. The Kier molecular flexibility index (Phi) is 1.16. The van der Waals surface area contributed by atoms with Crippen LogP contribution in [0.2, 0.25) is 0 Å². The zero-order valence-electron chi connectivity index (χ0n) is 10.9. The van der Waals surface area contributed by atoms with Crippen LogP contribution in [0.3, 0.4) is 0 Å². The average Bonchev–Trinajstić information content (AvgIpc) is 2.19. The van der Waals surface area contributed by atoms with Crippen LogP contribution >= 0.6 is 15.9 Å². The van der Waals surface area contributed by atoms with E-state index in [0.717, 1.165) is 0 Å². The van der Waals surface area contributed by atoms with Gasteiger partial charge < -0.3 is 9.47 Å². The topological polar surface area (TPSA) is 31.4 Å². The average molecular weight is 235 g/mol. The van der Waals surface area contributed by atoms with Gasteiger partial charge in [-0.1, -0.05) is 0 Å². The number of hydrogen-bond acceptors (Lipinski definition) is 3. The van der Waals surface area contributed by atoms with Crippen LogP contribution in [0.1, 0.15) is 6.85 Å². The van der Waals surface area contributed by atoms with Gasteiger partial charge in [-0.3, -0.25) is 0 Å². The normalized spacial score (nSPS) is 34.2. The third kappa shape index (κ3) is 1.59. The number of ether oxygens (including phenoxy) is 2. The highest BCUT2D eigenvalue weighted by Gasteiger charge is 2.21. The van der Waals surface area contributed by atoms with Crippen molar-refractivity contribution in [1.82, 2.24) is 4.98 Å². The molecule has 3 nitrogen and oxygen atoms in total. The summed E-state index contributed by atoms with van der Waals surface area (Å²) in [5.74, 6) is -0.0569. The van der Waals surface area contributed by atoms with Gasteiger partial charge >= 0.3 is 0 Å². The molecule has 2 heterocycles. The fourth-order valence-electron chi connectivity index (χ4n) is 0.677. The van der Waals surface area contributed by atoms with Crippen LogP contribution in [0.4, 0.5) is 0 Å². The maximum atomic E-state index is 7.74. The molecule has 0 saturated carbocycles. The fourth-order valence-corrected chi connectivity index (χ4v) is 1.01. The predicted octanol–water partition coefficient (Wildman–Crippen LogP) is 1.62. The second kappa shape index (κ2) is 3.41. The molecule has 1 saturated heterocycles. The molecule has 0 aliphatic carbocycles. The maximum absolute atomic E-state index is 7.74. The molecule has 0 atom stereocenters. The Labute approximate surface area is 85.9 Å². The molecule has 0 spiro atoms. The van der Waals surface area contributed by atoms with Crippen molar-refractivity contribution in [3.05, 3.63) is 22.8 Å². The van der Waals surface area contributed by atoms with Crippen LogP contribution in [-0.2, 0) is 4.74 Å². The van der Waals surface area contributed by atoms with Gasteiger partial charge in [-0.25, -0.2) is 4.98 Å². The fraction of sp³-hybridized carbons (Fsp3) is 0.375. The summed E-state index contributed by atoms with van der Waals surface area (Å²) in [6.45, 7) is -5.07. The summed E-state index contributed by atoms with van der Waals surface area (Å²) in [5, 5.41) is 0. The molecule has 0 N–H and O–H groups in total. The van der Waals surface area contributed by atoms with Crippen LogP contribution in [0.15, 0.2) is 22.8 Å². The maximum Gasteiger partial charge on any atom is 0.228 e. The smallest absolute Gasteiger partial charge is 0.228 e. The number of pyridine rings is 1. The second-order valence-corrected chi connectivity index (χ2v) is 2.88. The molecule has 1 fully saturated rings. The van der Waals surface area contributed by atoms with Gasteiger partial charge in [0.15, 0.2) is 0 Å². The Morgan fingerprint density at radius 1 is 1.83 bits per heavy atom. The van der Waals surface area contributed by atoms with Crippen molar-refractivity contribution in [3.8, 4) is 5.88 Å². The van der Waals surface area contributed by atoms with E-state index in [1.807, 2.05) is 0 Å². The Morgan fingerprint density at radius 2 is 2.67 bits per heavy atom. The van der Waals surface area contributed by atoms with Crippen molar-refractivity contribution < 1.29 is 16.3 Å². The van der Waals surface area contributed by atoms with Gasteiger partial charge in [0, 0.05) is 6.20 Å². The van der Waals surface area contributed by atoms with Gasteiger partial charge in [0.1, 0.15) is 6.08 Å². The molecular weight excluding hydrogens is 222 g/mol. The van der Waals surface area contributed by atoms with Crippen LogP contribution in [-0.4, -0.2) is 24.2 Å². The number of aromatic nitrogens is 1. The minimum atomic E-state index is -2.53. The first-order valence-corrected chi connectivity index (χ1v) is 3.99. The van der Waals surface area contributed by atoms with Gasteiger partial charge in [-0.15, -0.1) is 0 Å². The van der Waals surface area contributed by atoms with E-state index in [2.05, 4.69) is 25.7 Å². The van der Waals surface area contributed by atoms with Gasteiger partial charge in [0.2, 0.25) is 5.88 Å². The molecule has 0 bridgehead atoms. The van der Waals surface area contributed by atoms with Crippen LogP contribution in [0, 0.1) is 0 Å². The van der Waals surface area contributed by atoms with Crippen LogP contribution < -0.4 is 4.74 Å². The highest BCUT2D eigenvalue weighted by molar-refractivity contribution is 9.10. The van der Waals surface area contributed by atoms with Crippen molar-refractivity contribution in [2.45, 2.75) is 6.08 Å². The Hall–Kier alpha value is -0.610. The summed E-state index contributed by atoms with van der Waals surface area (Å²) in [4.78, 5) is 3.80. The van der Waals surface area contributed by atoms with Gasteiger partial charge in [0.25, 0.3) is 0 Å². The number of halogens is 1. The summed E-state index contributed by atoms with van der Waals surface area (Å²) < 4.78 is 46.9. The van der Waals surface area contributed by atoms with E-state index in [0.29, 0.717) is 4.47 Å². The Bertz CT molecular complexity index is 441. The van der Waals surface area contributed by atoms with Crippen molar-refractivity contribution in [2.24, 2.45) is 0 Å². The van der Waals surface area contributed by atoms with E-state index in [9.17, 15) is 0 Å². The van der Waals surface area contributed by atoms with Crippen molar-refractivity contribution in [2.75, 3.05) is 13.1 Å². The first kappa shape index (κ1) is 4.07. The number of rotatable bonds is 2. The molecule has 0 unspecified atom stereocenters. The monoisotopic (exact) mass is 234 g/mol. The van der Waals surface area contributed by atoms with E-state index in [-0.39, 0.29) is 5.88 Å². The summed E-state index contributed by atoms with van der Waals surface area (Å²) in [6, 6.07) is 3.21. The second-order valence-electron chi connectivity index (χ2n) is 2.03. The minimum absolute atomic E-state index is 0.0569. The largest absolute Gasteiger partial charge is 0.469 e. The molecule has 1 aromatic heterocycles. The lowest BCUT2D eigenvalue weighted by Gasteiger charge is -2.26. The molecule has 64 valence electrons. The van der Waals surface area contributed by atoms with Gasteiger partial charge in [-0.2, -0.15) is 0 Å². The Morgan fingerprint density at radius 3 is 3.33 bits per heavy atom. The molecule has 1 aromatic rings. The zero-order chi connectivity index (χ0) is 12.9. The lowest BCUT2D eigenvalue weighted by atomic mass is 10.3. The summed E-state index contributed by atoms with van der Waals surface area (Å²) in [6.07, 6.45) is -1.09. The van der Waals surface area contributed by atoms with E-state index in [1.165, 1.54) is 6.20 Å². The highest BCUT2D eigenvalue weighted by atomic mass is 79.9. The number of nitrogens with zero attached hydrogens (tertiary/aromatic N) is 1. The minimum Gasteiger partial charge on any atom is -0.469 e. The molecule has 0 amide bonds.